The zero-order chi connectivity index (χ0) is 18.2. The van der Waals surface area contributed by atoms with Gasteiger partial charge in [-0.1, -0.05) is 39.8 Å². The van der Waals surface area contributed by atoms with Gasteiger partial charge in [0.15, 0.2) is 0 Å². The fraction of sp³-hybridized carbons (Fsp3) is 0.450. The Hall–Kier alpha value is -2.43. The third kappa shape index (κ3) is 5.28. The molecule has 1 heterocycles. The van der Waals surface area contributed by atoms with Crippen LogP contribution in [0.3, 0.4) is 0 Å². The van der Waals surface area contributed by atoms with E-state index < -0.39 is 0 Å². The summed E-state index contributed by atoms with van der Waals surface area (Å²) in [6, 6.07) is 9.58. The van der Waals surface area contributed by atoms with E-state index in [0.717, 1.165) is 31.6 Å². The van der Waals surface area contributed by atoms with E-state index in [1.807, 2.05) is 24.3 Å². The number of nitrogens with zero attached hydrogens (tertiary/aromatic N) is 3. The lowest BCUT2D eigenvalue weighted by Crippen LogP contribution is -2.27. The average Bonchev–Trinajstić information content (AvgIpc) is 2.62. The summed E-state index contributed by atoms with van der Waals surface area (Å²) < 4.78 is 0. The van der Waals surface area contributed by atoms with Crippen molar-refractivity contribution in [2.75, 3.05) is 23.3 Å². The molecule has 1 aromatic carbocycles. The molecule has 5 heteroatoms. The van der Waals surface area contributed by atoms with Crippen LogP contribution in [0, 0.1) is 0 Å². The number of hydrogen-bond acceptors (Lipinski definition) is 4. The topological polar surface area (TPSA) is 58.1 Å². The molecule has 0 radical (unpaired) electrons. The van der Waals surface area contributed by atoms with Crippen molar-refractivity contribution in [3.63, 3.8) is 0 Å². The van der Waals surface area contributed by atoms with E-state index >= 15 is 0 Å². The van der Waals surface area contributed by atoms with Gasteiger partial charge in [-0.05, 0) is 42.5 Å². The lowest BCUT2D eigenvalue weighted by molar-refractivity contribution is 0.102. The van der Waals surface area contributed by atoms with Crippen LogP contribution in [-0.2, 0) is 0 Å². The summed E-state index contributed by atoms with van der Waals surface area (Å²) in [5, 5.41) is 2.91. The molecule has 0 saturated heterocycles. The zero-order valence-corrected chi connectivity index (χ0v) is 15.6. The van der Waals surface area contributed by atoms with Crippen LogP contribution >= 0.6 is 0 Å². The molecule has 0 unspecified atom stereocenters. The second-order valence-corrected chi connectivity index (χ2v) is 6.46. The van der Waals surface area contributed by atoms with Gasteiger partial charge < -0.3 is 10.2 Å². The summed E-state index contributed by atoms with van der Waals surface area (Å²) in [5.41, 5.74) is 2.40. The average molecular weight is 340 g/mol. The summed E-state index contributed by atoms with van der Waals surface area (Å²) >= 11 is 0. The SMILES string of the molecule is CCCN(CCC)c1nccc(C(=O)Nc2ccc(C(C)C)cc2)n1. The lowest BCUT2D eigenvalue weighted by atomic mass is 10.0. The highest BCUT2D eigenvalue weighted by molar-refractivity contribution is 6.02. The Labute approximate surface area is 150 Å². The second-order valence-electron chi connectivity index (χ2n) is 6.46. The van der Waals surface area contributed by atoms with Gasteiger partial charge in [-0.3, -0.25) is 4.79 Å². The normalized spacial score (nSPS) is 10.8. The molecule has 2 rings (SSSR count). The molecule has 2 aromatic rings. The van der Waals surface area contributed by atoms with Crippen LogP contribution in [0.4, 0.5) is 11.6 Å². The first-order valence-electron chi connectivity index (χ1n) is 9.04. The first kappa shape index (κ1) is 18.9. The van der Waals surface area contributed by atoms with E-state index in [0.29, 0.717) is 17.6 Å². The molecule has 0 fully saturated rings. The fourth-order valence-electron chi connectivity index (χ4n) is 2.63. The molecule has 0 aliphatic heterocycles. The molecule has 1 N–H and O–H groups in total. The minimum atomic E-state index is -0.214. The van der Waals surface area contributed by atoms with Gasteiger partial charge in [0, 0.05) is 25.0 Å². The third-order valence-electron chi connectivity index (χ3n) is 3.98. The number of rotatable bonds is 8. The fourth-order valence-corrected chi connectivity index (χ4v) is 2.63. The first-order chi connectivity index (χ1) is 12.0. The van der Waals surface area contributed by atoms with Gasteiger partial charge >= 0.3 is 0 Å². The van der Waals surface area contributed by atoms with Gasteiger partial charge in [0.2, 0.25) is 5.95 Å². The summed E-state index contributed by atoms with van der Waals surface area (Å²) in [5.74, 6) is 0.873. The van der Waals surface area contributed by atoms with Crippen molar-refractivity contribution in [3.05, 3.63) is 47.8 Å². The van der Waals surface area contributed by atoms with Crippen molar-refractivity contribution in [1.29, 1.82) is 0 Å². The van der Waals surface area contributed by atoms with Crippen LogP contribution < -0.4 is 10.2 Å². The minimum absolute atomic E-state index is 0.214. The smallest absolute Gasteiger partial charge is 0.274 e. The summed E-state index contributed by atoms with van der Waals surface area (Å²) in [7, 11) is 0. The number of anilines is 2. The Balaban J connectivity index is 2.12. The first-order valence-corrected chi connectivity index (χ1v) is 9.04. The van der Waals surface area contributed by atoms with E-state index in [1.54, 1.807) is 12.3 Å². The minimum Gasteiger partial charge on any atom is -0.341 e. The van der Waals surface area contributed by atoms with Crippen molar-refractivity contribution in [2.45, 2.75) is 46.5 Å². The van der Waals surface area contributed by atoms with Gasteiger partial charge in [-0.15, -0.1) is 0 Å². The Morgan fingerprint density at radius 3 is 2.28 bits per heavy atom. The summed E-state index contributed by atoms with van der Waals surface area (Å²) in [6.07, 6.45) is 3.68. The van der Waals surface area contributed by atoms with Gasteiger partial charge in [0.25, 0.3) is 5.91 Å². The standard InChI is InChI=1S/C20H28N4O/c1-5-13-24(14-6-2)20-21-12-11-18(23-20)19(25)22-17-9-7-16(8-10-17)15(3)4/h7-12,15H,5-6,13-14H2,1-4H3,(H,22,25). The van der Waals surface area contributed by atoms with Crippen molar-refractivity contribution >= 4 is 17.5 Å². The van der Waals surface area contributed by atoms with E-state index in [2.05, 4.69) is 47.9 Å². The molecule has 134 valence electrons. The van der Waals surface area contributed by atoms with Crippen LogP contribution in [0.2, 0.25) is 0 Å². The van der Waals surface area contributed by atoms with Crippen LogP contribution in [0.1, 0.15) is 62.5 Å². The highest BCUT2D eigenvalue weighted by atomic mass is 16.1. The number of aromatic nitrogens is 2. The van der Waals surface area contributed by atoms with Crippen LogP contribution in [-0.4, -0.2) is 29.0 Å². The highest BCUT2D eigenvalue weighted by Crippen LogP contribution is 2.18. The number of hydrogen-bond donors (Lipinski definition) is 1. The number of benzene rings is 1. The van der Waals surface area contributed by atoms with E-state index in [-0.39, 0.29) is 5.91 Å². The largest absolute Gasteiger partial charge is 0.341 e. The Morgan fingerprint density at radius 2 is 1.72 bits per heavy atom. The quantitative estimate of drug-likeness (QED) is 0.770. The highest BCUT2D eigenvalue weighted by Gasteiger charge is 2.13. The Bertz CT molecular complexity index is 676. The molecule has 0 aliphatic rings. The van der Waals surface area contributed by atoms with Crippen LogP contribution in [0.15, 0.2) is 36.5 Å². The molecule has 0 spiro atoms. The number of nitrogens with one attached hydrogen (secondary N) is 1. The maximum Gasteiger partial charge on any atom is 0.274 e. The number of carbonyl (C=O) groups excluding carboxylic acids is 1. The summed E-state index contributed by atoms with van der Waals surface area (Å²) in [4.78, 5) is 23.4. The zero-order valence-electron chi connectivity index (χ0n) is 15.6. The molecule has 0 aliphatic carbocycles. The molecule has 25 heavy (non-hydrogen) atoms. The van der Waals surface area contributed by atoms with E-state index in [4.69, 9.17) is 0 Å². The van der Waals surface area contributed by atoms with E-state index in [1.165, 1.54) is 5.56 Å². The number of carbonyl (C=O) groups is 1. The van der Waals surface area contributed by atoms with Crippen molar-refractivity contribution in [3.8, 4) is 0 Å². The Kier molecular flexibility index (Phi) is 6.92. The maximum absolute atomic E-state index is 12.5. The third-order valence-corrected chi connectivity index (χ3v) is 3.98. The predicted octanol–water partition coefficient (Wildman–Crippen LogP) is 4.48. The lowest BCUT2D eigenvalue weighted by Gasteiger charge is -2.21. The predicted molar refractivity (Wildman–Crippen MR) is 103 cm³/mol. The number of amides is 1. The van der Waals surface area contributed by atoms with Gasteiger partial charge in [-0.25, -0.2) is 9.97 Å². The second kappa shape index (κ2) is 9.16. The summed E-state index contributed by atoms with van der Waals surface area (Å²) in [6.45, 7) is 10.3. The van der Waals surface area contributed by atoms with Crippen LogP contribution in [0.5, 0.6) is 0 Å². The molecule has 0 saturated carbocycles. The Morgan fingerprint density at radius 1 is 1.08 bits per heavy atom. The maximum atomic E-state index is 12.5. The molecule has 0 atom stereocenters. The molecular formula is C20H28N4O. The van der Waals surface area contributed by atoms with Crippen molar-refractivity contribution in [2.24, 2.45) is 0 Å². The molecule has 1 amide bonds. The van der Waals surface area contributed by atoms with Gasteiger partial charge in [0.1, 0.15) is 5.69 Å². The molecule has 1 aromatic heterocycles. The molecular weight excluding hydrogens is 312 g/mol. The molecule has 0 bridgehead atoms. The van der Waals surface area contributed by atoms with Crippen LogP contribution in [0.25, 0.3) is 0 Å². The molecule has 5 nitrogen and oxygen atoms in total. The van der Waals surface area contributed by atoms with Crippen molar-refractivity contribution < 1.29 is 4.79 Å². The van der Waals surface area contributed by atoms with Crippen molar-refractivity contribution in [1.82, 2.24) is 9.97 Å². The van der Waals surface area contributed by atoms with Gasteiger partial charge in [0.05, 0.1) is 0 Å². The van der Waals surface area contributed by atoms with E-state index in [9.17, 15) is 4.79 Å². The van der Waals surface area contributed by atoms with Gasteiger partial charge in [-0.2, -0.15) is 0 Å². The monoisotopic (exact) mass is 340 g/mol.